The standard InChI is InChI=1S/C4H3F5O2/c5-1-11-2(3(6)10)4(7,8)9/h2H,1H2. The summed E-state index contributed by atoms with van der Waals surface area (Å²) in [5, 5.41) is 0. The second-order valence-corrected chi connectivity index (χ2v) is 1.50. The second-order valence-electron chi connectivity index (χ2n) is 1.50. The Balaban J connectivity index is 4.22. The first-order valence-corrected chi connectivity index (χ1v) is 2.33. The highest BCUT2D eigenvalue weighted by Crippen LogP contribution is 2.23. The van der Waals surface area contributed by atoms with Crippen LogP contribution in [0.15, 0.2) is 0 Å². The molecule has 0 rings (SSSR count). The van der Waals surface area contributed by atoms with Crippen LogP contribution in [-0.4, -0.2) is 25.2 Å². The molecule has 11 heavy (non-hydrogen) atoms. The fraction of sp³-hybridized carbons (Fsp3) is 0.750. The average molecular weight is 178 g/mol. The number of halogens is 5. The van der Waals surface area contributed by atoms with Crippen molar-refractivity contribution in [3.63, 3.8) is 0 Å². The largest absolute Gasteiger partial charge is 0.424 e. The summed E-state index contributed by atoms with van der Waals surface area (Å²) in [6.07, 6.45) is -8.50. The highest BCUT2D eigenvalue weighted by molar-refractivity contribution is 5.74. The van der Waals surface area contributed by atoms with E-state index in [1.54, 1.807) is 0 Å². The molecule has 0 aromatic heterocycles. The third-order valence-electron chi connectivity index (χ3n) is 0.733. The van der Waals surface area contributed by atoms with Crippen molar-refractivity contribution < 1.29 is 31.5 Å². The first kappa shape index (κ1) is 10.3. The van der Waals surface area contributed by atoms with Gasteiger partial charge in [-0.2, -0.15) is 17.6 Å². The summed E-state index contributed by atoms with van der Waals surface area (Å²) >= 11 is 0. The molecule has 0 aromatic carbocycles. The number of alkyl halides is 4. The molecule has 7 heteroatoms. The average Bonchev–Trinajstić information content (AvgIpc) is 1.79. The van der Waals surface area contributed by atoms with Gasteiger partial charge < -0.3 is 4.74 Å². The third kappa shape index (κ3) is 3.26. The molecular weight excluding hydrogens is 175 g/mol. The van der Waals surface area contributed by atoms with Crippen LogP contribution >= 0.6 is 0 Å². The van der Waals surface area contributed by atoms with Crippen molar-refractivity contribution in [1.29, 1.82) is 0 Å². The predicted octanol–water partition coefficient (Wildman–Crippen LogP) is 1.36. The monoisotopic (exact) mass is 178 g/mol. The summed E-state index contributed by atoms with van der Waals surface area (Å²) in [6, 6.07) is -2.75. The van der Waals surface area contributed by atoms with Crippen LogP contribution in [0.1, 0.15) is 0 Å². The Morgan fingerprint density at radius 2 is 1.91 bits per heavy atom. The van der Waals surface area contributed by atoms with Gasteiger partial charge in [-0.25, -0.2) is 4.39 Å². The van der Waals surface area contributed by atoms with Crippen molar-refractivity contribution in [1.82, 2.24) is 0 Å². The number of carbonyl (C=O) groups is 1. The van der Waals surface area contributed by atoms with E-state index in [2.05, 4.69) is 4.74 Å². The van der Waals surface area contributed by atoms with Crippen LogP contribution in [0.2, 0.25) is 0 Å². The van der Waals surface area contributed by atoms with E-state index in [0.29, 0.717) is 0 Å². The molecular formula is C4H3F5O2. The Labute approximate surface area is 57.9 Å². The normalized spacial score (nSPS) is 14.6. The van der Waals surface area contributed by atoms with E-state index in [1.165, 1.54) is 0 Å². The minimum Gasteiger partial charge on any atom is -0.327 e. The fourth-order valence-electron chi connectivity index (χ4n) is 0.352. The first-order chi connectivity index (χ1) is 4.89. The van der Waals surface area contributed by atoms with Crippen LogP contribution in [0.3, 0.4) is 0 Å². The minimum atomic E-state index is -5.20. The Morgan fingerprint density at radius 3 is 2.00 bits per heavy atom. The van der Waals surface area contributed by atoms with Gasteiger partial charge in [0.2, 0.25) is 6.10 Å². The zero-order valence-electron chi connectivity index (χ0n) is 4.99. The molecule has 0 amide bonds. The summed E-state index contributed by atoms with van der Waals surface area (Å²) < 4.78 is 59.9. The van der Waals surface area contributed by atoms with Crippen molar-refractivity contribution in [2.24, 2.45) is 0 Å². The van der Waals surface area contributed by atoms with E-state index in [-0.39, 0.29) is 0 Å². The lowest BCUT2D eigenvalue weighted by Gasteiger charge is -2.13. The van der Waals surface area contributed by atoms with Gasteiger partial charge in [-0.1, -0.05) is 0 Å². The van der Waals surface area contributed by atoms with Crippen molar-refractivity contribution in [2.75, 3.05) is 6.86 Å². The van der Waals surface area contributed by atoms with Crippen LogP contribution in [0, 0.1) is 0 Å². The Hall–Kier alpha value is -0.720. The number of ether oxygens (including phenoxy) is 1. The molecule has 1 atom stereocenters. The summed E-state index contributed by atoms with van der Waals surface area (Å²) in [7, 11) is 0. The molecule has 1 unspecified atom stereocenters. The summed E-state index contributed by atoms with van der Waals surface area (Å²) in [5.74, 6) is 0. The number of rotatable bonds is 3. The summed E-state index contributed by atoms with van der Waals surface area (Å²) in [6.45, 7) is -1.86. The van der Waals surface area contributed by atoms with E-state index in [9.17, 15) is 26.7 Å². The SMILES string of the molecule is O=C(F)C(OCF)C(F)(F)F. The van der Waals surface area contributed by atoms with Crippen molar-refractivity contribution in [3.05, 3.63) is 0 Å². The highest BCUT2D eigenvalue weighted by atomic mass is 19.4. The maximum absolute atomic E-state index is 11.4. The smallest absolute Gasteiger partial charge is 0.327 e. The maximum Gasteiger partial charge on any atom is 0.424 e. The first-order valence-electron chi connectivity index (χ1n) is 2.33. The minimum absolute atomic E-state index is 1.86. The molecule has 2 nitrogen and oxygen atoms in total. The van der Waals surface area contributed by atoms with Gasteiger partial charge in [0, 0.05) is 0 Å². The molecule has 0 aromatic rings. The quantitative estimate of drug-likeness (QED) is 0.481. The molecule has 66 valence electrons. The molecule has 0 N–H and O–H groups in total. The molecule has 0 radical (unpaired) electrons. The molecule has 0 saturated heterocycles. The van der Waals surface area contributed by atoms with E-state index in [0.717, 1.165) is 0 Å². The third-order valence-corrected chi connectivity index (χ3v) is 0.733. The van der Waals surface area contributed by atoms with Crippen LogP contribution in [0.5, 0.6) is 0 Å². The molecule has 0 spiro atoms. The van der Waals surface area contributed by atoms with Crippen molar-refractivity contribution in [3.8, 4) is 0 Å². The summed E-state index contributed by atoms with van der Waals surface area (Å²) in [5.41, 5.74) is 0. The number of hydrogen-bond acceptors (Lipinski definition) is 2. The van der Waals surface area contributed by atoms with Crippen LogP contribution < -0.4 is 0 Å². The van der Waals surface area contributed by atoms with Gasteiger partial charge in [0.25, 0.3) is 0 Å². The number of hydrogen-bond donors (Lipinski definition) is 0. The molecule has 0 saturated carbocycles. The van der Waals surface area contributed by atoms with Crippen molar-refractivity contribution >= 4 is 6.04 Å². The van der Waals surface area contributed by atoms with Crippen molar-refractivity contribution in [2.45, 2.75) is 12.3 Å². The van der Waals surface area contributed by atoms with Crippen LogP contribution in [0.4, 0.5) is 22.0 Å². The lowest BCUT2D eigenvalue weighted by molar-refractivity contribution is -0.230. The maximum atomic E-state index is 11.4. The van der Waals surface area contributed by atoms with E-state index < -0.39 is 25.2 Å². The highest BCUT2D eigenvalue weighted by Gasteiger charge is 2.46. The summed E-state index contributed by atoms with van der Waals surface area (Å²) in [4.78, 5) is 9.50. The second kappa shape index (κ2) is 3.61. The molecule has 0 aliphatic heterocycles. The fourth-order valence-corrected chi connectivity index (χ4v) is 0.352. The lowest BCUT2D eigenvalue weighted by Crippen LogP contribution is -2.36. The number of carbonyl (C=O) groups excluding carboxylic acids is 1. The molecule has 0 aliphatic carbocycles. The van der Waals surface area contributed by atoms with E-state index in [1.807, 2.05) is 0 Å². The molecule has 0 heterocycles. The zero-order valence-corrected chi connectivity index (χ0v) is 4.99. The van der Waals surface area contributed by atoms with Gasteiger partial charge in [0.1, 0.15) is 0 Å². The van der Waals surface area contributed by atoms with Gasteiger partial charge in [0.15, 0.2) is 6.86 Å². The van der Waals surface area contributed by atoms with Crippen LogP contribution in [0.25, 0.3) is 0 Å². The molecule has 0 aliphatic rings. The lowest BCUT2D eigenvalue weighted by atomic mass is 10.4. The van der Waals surface area contributed by atoms with E-state index in [4.69, 9.17) is 0 Å². The van der Waals surface area contributed by atoms with Gasteiger partial charge >= 0.3 is 12.2 Å². The van der Waals surface area contributed by atoms with Gasteiger partial charge in [-0.05, 0) is 0 Å². The van der Waals surface area contributed by atoms with Gasteiger partial charge in [-0.3, -0.25) is 4.79 Å². The predicted molar refractivity (Wildman–Crippen MR) is 23.0 cm³/mol. The Kier molecular flexibility index (Phi) is 3.37. The van der Waals surface area contributed by atoms with Gasteiger partial charge in [-0.15, -0.1) is 0 Å². The topological polar surface area (TPSA) is 26.3 Å². The van der Waals surface area contributed by atoms with Gasteiger partial charge in [0.05, 0.1) is 0 Å². The molecule has 0 fully saturated rings. The Morgan fingerprint density at radius 1 is 1.45 bits per heavy atom. The van der Waals surface area contributed by atoms with E-state index >= 15 is 0 Å². The zero-order chi connectivity index (χ0) is 9.07. The van der Waals surface area contributed by atoms with Crippen LogP contribution in [-0.2, 0) is 9.53 Å². The Bertz CT molecular complexity index is 142. The molecule has 0 bridgehead atoms.